The summed E-state index contributed by atoms with van der Waals surface area (Å²) in [5.74, 6) is -1.66. The molecule has 1 atom stereocenters. The molecule has 5 nitrogen and oxygen atoms in total. The maximum absolute atomic E-state index is 12.1. The number of rotatable bonds is 1. The summed E-state index contributed by atoms with van der Waals surface area (Å²) in [6.07, 6.45) is 3.78. The third-order valence-electron chi connectivity index (χ3n) is 4.71. The number of halogens is 2. The Bertz CT molecular complexity index is 973. The number of aryl methyl sites for hydroxylation is 1. The number of H-pyrrole nitrogens is 1. The van der Waals surface area contributed by atoms with Gasteiger partial charge in [0, 0.05) is 30.5 Å². The van der Waals surface area contributed by atoms with Crippen LogP contribution >= 0.6 is 0 Å². The fraction of sp³-hybridized carbons (Fsp3) is 0.238. The molecule has 0 bridgehead atoms. The Balaban J connectivity index is 0.000000211. The van der Waals surface area contributed by atoms with E-state index in [0.29, 0.717) is 0 Å². The average molecular weight is 384 g/mol. The second kappa shape index (κ2) is 8.21. The fourth-order valence-electron chi connectivity index (χ4n) is 3.33. The van der Waals surface area contributed by atoms with E-state index < -0.39 is 11.6 Å². The molecule has 0 unspecified atom stereocenters. The van der Waals surface area contributed by atoms with Crippen molar-refractivity contribution in [1.82, 2.24) is 10.2 Å². The standard InChI is InChI=1S/C15H17N3O.C6H5F2N/c1-10-3-4-13-9-12(14-7-8-16-17-14)5-6-15(13)18(10)11(2)19;7-5-2-1-4(9)3-6(5)8/h5-10H,3-4H2,1-2H3,(H,16,17);1-3H,9H2/t10-;/m0./s1. The van der Waals surface area contributed by atoms with Gasteiger partial charge < -0.3 is 10.6 Å². The Morgan fingerprint density at radius 2 is 1.96 bits per heavy atom. The minimum absolute atomic E-state index is 0.114. The number of hydrogen-bond donors (Lipinski definition) is 2. The van der Waals surface area contributed by atoms with Crippen LogP contribution in [-0.4, -0.2) is 22.1 Å². The van der Waals surface area contributed by atoms with E-state index in [0.717, 1.165) is 41.9 Å². The Labute approximate surface area is 162 Å². The summed E-state index contributed by atoms with van der Waals surface area (Å²) in [4.78, 5) is 13.7. The second-order valence-electron chi connectivity index (χ2n) is 6.76. The molecule has 3 N–H and O–H groups in total. The zero-order valence-electron chi connectivity index (χ0n) is 15.7. The number of hydrogen-bond acceptors (Lipinski definition) is 3. The van der Waals surface area contributed by atoms with Crippen LogP contribution in [0.25, 0.3) is 11.3 Å². The van der Waals surface area contributed by atoms with Crippen molar-refractivity contribution < 1.29 is 13.6 Å². The molecule has 2 heterocycles. The van der Waals surface area contributed by atoms with E-state index in [1.54, 1.807) is 13.1 Å². The highest BCUT2D eigenvalue weighted by molar-refractivity contribution is 5.93. The smallest absolute Gasteiger partial charge is 0.224 e. The maximum atomic E-state index is 12.1. The number of benzene rings is 2. The van der Waals surface area contributed by atoms with Gasteiger partial charge in [-0.3, -0.25) is 9.89 Å². The summed E-state index contributed by atoms with van der Waals surface area (Å²) < 4.78 is 24.2. The molecule has 0 saturated heterocycles. The van der Waals surface area contributed by atoms with Gasteiger partial charge in [-0.2, -0.15) is 5.10 Å². The number of aromatic nitrogens is 2. The number of fused-ring (bicyclic) bond motifs is 1. The number of nitrogens with two attached hydrogens (primary N) is 1. The van der Waals surface area contributed by atoms with Crippen LogP contribution in [0.15, 0.2) is 48.7 Å². The first kappa shape index (κ1) is 19.5. The van der Waals surface area contributed by atoms with Crippen LogP contribution < -0.4 is 10.6 Å². The number of nitrogens with one attached hydrogen (secondary N) is 1. The first-order valence-electron chi connectivity index (χ1n) is 9.00. The van der Waals surface area contributed by atoms with Crippen LogP contribution in [0.1, 0.15) is 25.8 Å². The molecule has 1 aliphatic rings. The molecule has 3 aromatic rings. The normalized spacial score (nSPS) is 15.4. The Kier molecular flexibility index (Phi) is 5.73. The molecule has 0 saturated carbocycles. The first-order valence-corrected chi connectivity index (χ1v) is 9.00. The molecule has 0 spiro atoms. The molecule has 0 radical (unpaired) electrons. The number of nitrogen functional groups attached to an aromatic ring is 1. The molecule has 0 aliphatic carbocycles. The van der Waals surface area contributed by atoms with Crippen LogP contribution in [0, 0.1) is 11.6 Å². The lowest BCUT2D eigenvalue weighted by Crippen LogP contribution is -2.40. The number of carbonyl (C=O) groups excluding carboxylic acids is 1. The van der Waals surface area contributed by atoms with E-state index in [2.05, 4.69) is 23.2 Å². The molecule has 1 aromatic heterocycles. The lowest BCUT2D eigenvalue weighted by Gasteiger charge is -2.34. The van der Waals surface area contributed by atoms with Crippen molar-refractivity contribution in [3.8, 4) is 11.3 Å². The molecule has 1 amide bonds. The van der Waals surface area contributed by atoms with E-state index >= 15 is 0 Å². The molecule has 4 rings (SSSR count). The van der Waals surface area contributed by atoms with E-state index in [-0.39, 0.29) is 17.6 Å². The van der Waals surface area contributed by atoms with Crippen LogP contribution in [0.2, 0.25) is 0 Å². The lowest BCUT2D eigenvalue weighted by molar-refractivity contribution is -0.117. The zero-order valence-corrected chi connectivity index (χ0v) is 15.7. The predicted molar refractivity (Wildman–Crippen MR) is 106 cm³/mol. The predicted octanol–water partition coefficient (Wildman–Crippen LogP) is 4.31. The molecule has 2 aromatic carbocycles. The van der Waals surface area contributed by atoms with Gasteiger partial charge in [0.15, 0.2) is 11.6 Å². The van der Waals surface area contributed by atoms with Gasteiger partial charge in [-0.25, -0.2) is 8.78 Å². The summed E-state index contributed by atoms with van der Waals surface area (Å²) >= 11 is 0. The third kappa shape index (κ3) is 4.19. The van der Waals surface area contributed by atoms with Crippen LogP contribution in [-0.2, 0) is 11.2 Å². The molecular weight excluding hydrogens is 362 g/mol. The largest absolute Gasteiger partial charge is 0.399 e. The van der Waals surface area contributed by atoms with Gasteiger partial charge in [0.2, 0.25) is 5.91 Å². The second-order valence-corrected chi connectivity index (χ2v) is 6.76. The van der Waals surface area contributed by atoms with Gasteiger partial charge in [-0.1, -0.05) is 6.07 Å². The number of carbonyl (C=O) groups is 1. The minimum Gasteiger partial charge on any atom is -0.399 e. The number of amides is 1. The zero-order chi connectivity index (χ0) is 20.3. The highest BCUT2D eigenvalue weighted by atomic mass is 19.2. The Hall–Kier alpha value is -3.22. The summed E-state index contributed by atoms with van der Waals surface area (Å²) in [6.45, 7) is 3.74. The van der Waals surface area contributed by atoms with Crippen LogP contribution in [0.4, 0.5) is 20.2 Å². The van der Waals surface area contributed by atoms with Crippen molar-refractivity contribution in [1.29, 1.82) is 0 Å². The van der Waals surface area contributed by atoms with Crippen molar-refractivity contribution in [2.45, 2.75) is 32.7 Å². The highest BCUT2D eigenvalue weighted by Gasteiger charge is 2.26. The van der Waals surface area contributed by atoms with E-state index in [1.807, 2.05) is 23.1 Å². The summed E-state index contributed by atoms with van der Waals surface area (Å²) in [7, 11) is 0. The van der Waals surface area contributed by atoms with E-state index in [4.69, 9.17) is 5.73 Å². The minimum atomic E-state index is -0.907. The average Bonchev–Trinajstić information content (AvgIpc) is 3.19. The van der Waals surface area contributed by atoms with Gasteiger partial charge >= 0.3 is 0 Å². The number of aromatic amines is 1. The molecule has 146 valence electrons. The van der Waals surface area contributed by atoms with Crippen molar-refractivity contribution in [3.63, 3.8) is 0 Å². The molecule has 0 fully saturated rings. The third-order valence-corrected chi connectivity index (χ3v) is 4.71. The summed E-state index contributed by atoms with van der Waals surface area (Å²) in [5.41, 5.74) is 9.77. The van der Waals surface area contributed by atoms with Crippen LogP contribution in [0.5, 0.6) is 0 Å². The quantitative estimate of drug-likeness (QED) is 0.614. The number of anilines is 2. The number of nitrogens with zero attached hydrogens (tertiary/aromatic N) is 2. The van der Waals surface area contributed by atoms with Crippen LogP contribution in [0.3, 0.4) is 0 Å². The Morgan fingerprint density at radius 3 is 2.57 bits per heavy atom. The molecular formula is C21H22F2N4O. The maximum Gasteiger partial charge on any atom is 0.224 e. The Morgan fingerprint density at radius 1 is 1.18 bits per heavy atom. The molecule has 7 heteroatoms. The van der Waals surface area contributed by atoms with Gasteiger partial charge in [0.25, 0.3) is 0 Å². The van der Waals surface area contributed by atoms with Crippen molar-refractivity contribution >= 4 is 17.3 Å². The summed E-state index contributed by atoms with van der Waals surface area (Å²) in [5, 5.41) is 6.95. The molecule has 28 heavy (non-hydrogen) atoms. The van der Waals surface area contributed by atoms with Gasteiger partial charge in [-0.05, 0) is 67.3 Å². The van der Waals surface area contributed by atoms with Crippen molar-refractivity contribution in [2.24, 2.45) is 0 Å². The fourth-order valence-corrected chi connectivity index (χ4v) is 3.33. The van der Waals surface area contributed by atoms with Gasteiger partial charge in [-0.15, -0.1) is 0 Å². The highest BCUT2D eigenvalue weighted by Crippen LogP contribution is 2.33. The van der Waals surface area contributed by atoms with Gasteiger partial charge in [0.1, 0.15) is 0 Å². The monoisotopic (exact) mass is 384 g/mol. The van der Waals surface area contributed by atoms with E-state index in [9.17, 15) is 13.6 Å². The topological polar surface area (TPSA) is 75.0 Å². The van der Waals surface area contributed by atoms with Gasteiger partial charge in [0.05, 0.1) is 5.69 Å². The SMILES string of the molecule is CC(=O)N1c2ccc(-c3ccn[nH]3)cc2CC[C@@H]1C.Nc1ccc(F)c(F)c1. The molecule has 1 aliphatic heterocycles. The van der Waals surface area contributed by atoms with Crippen molar-refractivity contribution in [2.75, 3.05) is 10.6 Å². The lowest BCUT2D eigenvalue weighted by atomic mass is 9.94. The first-order chi connectivity index (χ1) is 13.4. The van der Waals surface area contributed by atoms with E-state index in [1.165, 1.54) is 11.6 Å². The summed E-state index contributed by atoms with van der Waals surface area (Å²) in [6, 6.07) is 11.7. The van der Waals surface area contributed by atoms with Crippen molar-refractivity contribution in [3.05, 3.63) is 65.9 Å².